The van der Waals surface area contributed by atoms with E-state index in [2.05, 4.69) is 0 Å². The zero-order valence-electron chi connectivity index (χ0n) is 22.1. The van der Waals surface area contributed by atoms with Gasteiger partial charge in [-0.25, -0.2) is 0 Å². The van der Waals surface area contributed by atoms with Gasteiger partial charge in [0.15, 0.2) is 16.7 Å². The molecule has 0 N–H and O–H groups in total. The Hall–Kier alpha value is -3.01. The molecule has 4 rings (SSSR count). The topological polar surface area (TPSA) is 80.3 Å². The number of ether oxygens (including phenoxy) is 5. The van der Waals surface area contributed by atoms with E-state index in [1.165, 1.54) is 13.8 Å². The normalized spacial score (nSPS) is 22.8. The zero-order valence-corrected chi connectivity index (χ0v) is 23.0. The van der Waals surface area contributed by atoms with Gasteiger partial charge >= 0.3 is 5.97 Å². The summed E-state index contributed by atoms with van der Waals surface area (Å²) in [6.07, 6.45) is -2.81. The second-order valence-corrected chi connectivity index (χ2v) is 10.5. The summed E-state index contributed by atoms with van der Waals surface area (Å²) in [6.45, 7) is 3.94. The molecule has 1 heterocycles. The number of benzene rings is 3. The first-order chi connectivity index (χ1) is 19.0. The highest BCUT2D eigenvalue weighted by Gasteiger charge is 2.50. The molecule has 0 amide bonds. The van der Waals surface area contributed by atoms with Gasteiger partial charge in [0.1, 0.15) is 18.3 Å². The fourth-order valence-electron chi connectivity index (χ4n) is 4.38. The first-order valence-corrected chi connectivity index (χ1v) is 13.8. The molecule has 1 aliphatic rings. The van der Waals surface area contributed by atoms with Crippen molar-refractivity contribution in [1.82, 2.24) is 0 Å². The lowest BCUT2D eigenvalue weighted by atomic mass is 9.99. The van der Waals surface area contributed by atoms with Crippen LogP contribution in [0.1, 0.15) is 30.5 Å². The van der Waals surface area contributed by atoms with Crippen LogP contribution in [-0.2, 0) is 53.1 Å². The molecule has 0 radical (unpaired) electrons. The average Bonchev–Trinajstić information content (AvgIpc) is 2.94. The van der Waals surface area contributed by atoms with Crippen LogP contribution < -0.4 is 0 Å². The largest absolute Gasteiger partial charge is 0.456 e. The molecule has 3 aromatic rings. The van der Waals surface area contributed by atoms with Crippen molar-refractivity contribution >= 4 is 22.8 Å². The smallest absolute Gasteiger partial charge is 0.303 e. The van der Waals surface area contributed by atoms with E-state index in [9.17, 15) is 9.59 Å². The van der Waals surface area contributed by atoms with E-state index >= 15 is 0 Å². The Bertz CT molecular complexity index is 1160. The van der Waals surface area contributed by atoms with Crippen LogP contribution in [-0.4, -0.2) is 47.5 Å². The van der Waals surface area contributed by atoms with E-state index in [-0.39, 0.29) is 18.3 Å². The predicted molar refractivity (Wildman–Crippen MR) is 149 cm³/mol. The summed E-state index contributed by atoms with van der Waals surface area (Å²) in [4.78, 5) is 24.3. The summed E-state index contributed by atoms with van der Waals surface area (Å²) in [5, 5.41) is -0.161. The number of thioether (sulfide) groups is 1. The molecular weight excluding hydrogens is 516 g/mol. The van der Waals surface area contributed by atoms with Gasteiger partial charge in [0.25, 0.3) is 0 Å². The van der Waals surface area contributed by atoms with E-state index in [0.29, 0.717) is 13.2 Å². The molecule has 5 atom stereocenters. The molecule has 0 aliphatic carbocycles. The third-order valence-electron chi connectivity index (χ3n) is 6.14. The van der Waals surface area contributed by atoms with Crippen LogP contribution in [0.3, 0.4) is 0 Å². The lowest BCUT2D eigenvalue weighted by molar-refractivity contribution is -0.249. The fraction of sp³-hybridized carbons (Fsp3) is 0.355. The van der Waals surface area contributed by atoms with Crippen molar-refractivity contribution in [2.24, 2.45) is 0 Å². The highest BCUT2D eigenvalue weighted by atomic mass is 32.2. The van der Waals surface area contributed by atoms with Crippen molar-refractivity contribution in [3.8, 4) is 0 Å². The highest BCUT2D eigenvalue weighted by Crippen LogP contribution is 2.35. The first-order valence-electron chi connectivity index (χ1n) is 12.9. The Morgan fingerprint density at radius 1 is 0.692 bits per heavy atom. The lowest BCUT2D eigenvalue weighted by Crippen LogP contribution is -2.60. The molecule has 8 heteroatoms. The van der Waals surface area contributed by atoms with Crippen LogP contribution in [0.2, 0.25) is 0 Å². The fourth-order valence-corrected chi connectivity index (χ4v) is 5.25. The van der Waals surface area contributed by atoms with Crippen LogP contribution in [0.15, 0.2) is 91.0 Å². The molecule has 206 valence electrons. The maximum absolute atomic E-state index is 12.2. The van der Waals surface area contributed by atoms with Crippen LogP contribution in [0.5, 0.6) is 0 Å². The monoisotopic (exact) mass is 550 g/mol. The van der Waals surface area contributed by atoms with Gasteiger partial charge in [-0.3, -0.25) is 9.59 Å². The highest BCUT2D eigenvalue weighted by molar-refractivity contribution is 8.14. The Kier molecular flexibility index (Phi) is 11.1. The molecule has 1 saturated heterocycles. The van der Waals surface area contributed by atoms with Crippen molar-refractivity contribution in [1.29, 1.82) is 0 Å². The molecule has 0 unspecified atom stereocenters. The van der Waals surface area contributed by atoms with Gasteiger partial charge in [-0.2, -0.15) is 0 Å². The van der Waals surface area contributed by atoms with Crippen molar-refractivity contribution in [2.45, 2.75) is 63.5 Å². The van der Waals surface area contributed by atoms with Crippen molar-refractivity contribution in [3.05, 3.63) is 108 Å². The molecule has 0 saturated carbocycles. The van der Waals surface area contributed by atoms with Gasteiger partial charge in [-0.05, 0) is 16.7 Å². The number of carbonyl (C=O) groups excluding carboxylic acids is 2. The van der Waals surface area contributed by atoms with E-state index < -0.39 is 35.8 Å². The van der Waals surface area contributed by atoms with Crippen LogP contribution in [0.4, 0.5) is 0 Å². The van der Waals surface area contributed by atoms with Crippen molar-refractivity contribution < 1.29 is 33.3 Å². The molecule has 0 bridgehead atoms. The Morgan fingerprint density at radius 3 is 1.67 bits per heavy atom. The number of hydrogen-bond donors (Lipinski definition) is 0. The Morgan fingerprint density at radius 2 is 1.18 bits per heavy atom. The molecule has 7 nitrogen and oxygen atoms in total. The summed E-state index contributed by atoms with van der Waals surface area (Å²) in [7, 11) is 0. The van der Waals surface area contributed by atoms with Crippen LogP contribution in [0, 0.1) is 0 Å². The first kappa shape index (κ1) is 29.0. The second kappa shape index (κ2) is 15.0. The van der Waals surface area contributed by atoms with E-state index in [1.807, 2.05) is 91.0 Å². The van der Waals surface area contributed by atoms with Gasteiger partial charge in [0, 0.05) is 13.8 Å². The van der Waals surface area contributed by atoms with Crippen molar-refractivity contribution in [2.75, 3.05) is 6.61 Å². The standard InChI is InChI=1S/C31H34O7S/c1-22(32)37-30-29(36-20-26-16-10-5-11-17-26)28(35-19-25-14-8-4-9-15-25)27(38-31(30)39-23(2)33)21-34-18-24-12-6-3-7-13-24/h3-17,27-31H,18-21H2,1-2H3/t27-,28-,29+,30-,31-/m1/s1. The zero-order chi connectivity index (χ0) is 27.5. The molecule has 0 aromatic heterocycles. The minimum atomic E-state index is -0.869. The summed E-state index contributed by atoms with van der Waals surface area (Å²) >= 11 is 0.972. The SMILES string of the molecule is CC(=O)O[C@@H]1[C@@H](OCc2ccccc2)[C@H](OCc2ccccc2)[C@@H](COCc2ccccc2)O[C@@H]1SC(C)=O. The number of hydrogen-bond acceptors (Lipinski definition) is 8. The second-order valence-electron chi connectivity index (χ2n) is 9.25. The molecule has 3 aromatic carbocycles. The number of carbonyl (C=O) groups is 2. The summed E-state index contributed by atoms with van der Waals surface area (Å²) < 4.78 is 31.0. The molecular formula is C31H34O7S. The third kappa shape index (κ3) is 9.02. The molecule has 1 fully saturated rings. The molecule has 39 heavy (non-hydrogen) atoms. The predicted octanol–water partition coefficient (Wildman–Crippen LogP) is 5.31. The molecule has 1 aliphatic heterocycles. The van der Waals surface area contributed by atoms with E-state index in [4.69, 9.17) is 23.7 Å². The van der Waals surface area contributed by atoms with Gasteiger partial charge in [-0.15, -0.1) is 0 Å². The van der Waals surface area contributed by atoms with Gasteiger partial charge < -0.3 is 23.7 Å². The molecule has 0 spiro atoms. The summed E-state index contributed by atoms with van der Waals surface area (Å²) in [5.74, 6) is -0.494. The Labute approximate surface area is 233 Å². The van der Waals surface area contributed by atoms with Gasteiger partial charge in [0.05, 0.1) is 26.4 Å². The third-order valence-corrected chi connectivity index (χ3v) is 7.08. The van der Waals surface area contributed by atoms with Crippen LogP contribution in [0.25, 0.3) is 0 Å². The number of esters is 1. The minimum Gasteiger partial charge on any atom is -0.456 e. The summed E-state index contributed by atoms with van der Waals surface area (Å²) in [5.41, 5.74) is 2.18. The Balaban J connectivity index is 1.60. The van der Waals surface area contributed by atoms with Crippen LogP contribution >= 0.6 is 11.8 Å². The maximum atomic E-state index is 12.2. The quantitative estimate of drug-likeness (QED) is 0.281. The van der Waals surface area contributed by atoms with Gasteiger partial charge in [0.2, 0.25) is 0 Å². The van der Waals surface area contributed by atoms with Crippen molar-refractivity contribution in [3.63, 3.8) is 0 Å². The van der Waals surface area contributed by atoms with E-state index in [0.717, 1.165) is 28.5 Å². The average molecular weight is 551 g/mol. The lowest BCUT2D eigenvalue weighted by Gasteiger charge is -2.45. The summed E-state index contributed by atoms with van der Waals surface area (Å²) in [6, 6.07) is 29.4. The number of rotatable bonds is 12. The van der Waals surface area contributed by atoms with Gasteiger partial charge in [-0.1, -0.05) is 103 Å². The van der Waals surface area contributed by atoms with E-state index in [1.54, 1.807) is 0 Å². The maximum Gasteiger partial charge on any atom is 0.303 e. The minimum absolute atomic E-state index is 0.161.